The van der Waals surface area contributed by atoms with Crippen LogP contribution in [0.2, 0.25) is 0 Å². The predicted octanol–water partition coefficient (Wildman–Crippen LogP) is 0.681. The maximum absolute atomic E-state index is 12.4. The minimum atomic E-state index is -0.690. The van der Waals surface area contributed by atoms with Gasteiger partial charge in [-0.1, -0.05) is 0 Å². The van der Waals surface area contributed by atoms with Crippen molar-refractivity contribution >= 4 is 23.3 Å². The molecule has 0 saturated heterocycles. The molecule has 7 heteroatoms. The van der Waals surface area contributed by atoms with Gasteiger partial charge in [-0.25, -0.2) is 0 Å². The van der Waals surface area contributed by atoms with E-state index in [0.717, 1.165) is 0 Å². The quantitative estimate of drug-likeness (QED) is 0.775. The van der Waals surface area contributed by atoms with Gasteiger partial charge in [0.15, 0.2) is 12.4 Å². The van der Waals surface area contributed by atoms with Gasteiger partial charge >= 0.3 is 0 Å². The van der Waals surface area contributed by atoms with Crippen LogP contribution >= 0.6 is 0 Å². The first-order valence-corrected chi connectivity index (χ1v) is 7.83. The molecule has 0 aliphatic carbocycles. The molecule has 0 fully saturated rings. The van der Waals surface area contributed by atoms with E-state index < -0.39 is 6.04 Å². The van der Waals surface area contributed by atoms with Crippen LogP contribution in [0.25, 0.3) is 0 Å². The smallest absolute Gasteiger partial charge is 0.265 e. The molecule has 24 heavy (non-hydrogen) atoms. The highest BCUT2D eigenvalue weighted by molar-refractivity contribution is 6.05. The monoisotopic (exact) mass is 333 g/mol. The molecule has 1 aromatic carbocycles. The summed E-state index contributed by atoms with van der Waals surface area (Å²) in [7, 11) is 3.83. The summed E-state index contributed by atoms with van der Waals surface area (Å²) in [5.74, 6) is -0.170. The molecule has 1 aromatic rings. The van der Waals surface area contributed by atoms with Gasteiger partial charge in [0, 0.05) is 18.7 Å². The highest BCUT2D eigenvalue weighted by Crippen LogP contribution is 2.34. The SMILES string of the molecule is CC(=O)c1ccc2c(c1)N(C(C)C(=O)NCCN(C)C)C(=O)CO2. The van der Waals surface area contributed by atoms with Crippen molar-refractivity contribution in [3.8, 4) is 5.75 Å². The Hall–Kier alpha value is -2.41. The highest BCUT2D eigenvalue weighted by Gasteiger charge is 2.33. The van der Waals surface area contributed by atoms with Crippen LogP contribution in [0.1, 0.15) is 24.2 Å². The average molecular weight is 333 g/mol. The zero-order valence-corrected chi connectivity index (χ0v) is 14.5. The van der Waals surface area contributed by atoms with E-state index >= 15 is 0 Å². The normalized spacial score (nSPS) is 14.9. The van der Waals surface area contributed by atoms with Crippen LogP contribution in [0.5, 0.6) is 5.75 Å². The zero-order chi connectivity index (χ0) is 17.9. The molecular formula is C17H23N3O4. The van der Waals surface area contributed by atoms with E-state index in [4.69, 9.17) is 4.74 Å². The summed E-state index contributed by atoms with van der Waals surface area (Å²) in [6.45, 7) is 4.20. The number of nitrogens with zero attached hydrogens (tertiary/aromatic N) is 2. The van der Waals surface area contributed by atoms with Crippen LogP contribution in [0.15, 0.2) is 18.2 Å². The third kappa shape index (κ3) is 3.91. The lowest BCUT2D eigenvalue weighted by Gasteiger charge is -2.33. The van der Waals surface area contributed by atoms with E-state index in [9.17, 15) is 14.4 Å². The fraction of sp³-hybridized carbons (Fsp3) is 0.471. The number of hydrogen-bond donors (Lipinski definition) is 1. The Balaban J connectivity index is 2.23. The Kier molecular flexibility index (Phi) is 5.56. The van der Waals surface area contributed by atoms with Gasteiger partial charge in [0.1, 0.15) is 11.8 Å². The first-order valence-electron chi connectivity index (χ1n) is 7.83. The number of nitrogens with one attached hydrogen (secondary N) is 1. The highest BCUT2D eigenvalue weighted by atomic mass is 16.5. The molecule has 0 spiro atoms. The molecule has 130 valence electrons. The summed E-state index contributed by atoms with van der Waals surface area (Å²) >= 11 is 0. The number of benzene rings is 1. The van der Waals surface area contributed by atoms with E-state index in [1.54, 1.807) is 25.1 Å². The molecule has 2 rings (SSSR count). The molecule has 1 aliphatic heterocycles. The third-order valence-corrected chi connectivity index (χ3v) is 3.87. The Morgan fingerprint density at radius 3 is 2.71 bits per heavy atom. The number of anilines is 1. The largest absolute Gasteiger partial charge is 0.482 e. The van der Waals surface area contributed by atoms with Gasteiger partial charge < -0.3 is 15.0 Å². The first kappa shape index (κ1) is 17.9. The standard InChI is InChI=1S/C17H23N3O4/c1-11(17(23)18-7-8-19(3)4)20-14-9-13(12(2)21)5-6-15(14)24-10-16(20)22/h5-6,9,11H,7-8,10H2,1-4H3,(H,18,23). The second-order valence-corrected chi connectivity index (χ2v) is 6.06. The number of carbonyl (C=O) groups excluding carboxylic acids is 3. The van der Waals surface area contributed by atoms with Gasteiger partial charge in [-0.05, 0) is 46.1 Å². The molecule has 0 saturated carbocycles. The van der Waals surface area contributed by atoms with Crippen LogP contribution < -0.4 is 15.0 Å². The van der Waals surface area contributed by atoms with Crippen molar-refractivity contribution in [2.75, 3.05) is 38.7 Å². The van der Waals surface area contributed by atoms with Crippen molar-refractivity contribution < 1.29 is 19.1 Å². The van der Waals surface area contributed by atoms with Crippen molar-refractivity contribution in [3.05, 3.63) is 23.8 Å². The number of amides is 2. The van der Waals surface area contributed by atoms with Crippen LogP contribution in [0.4, 0.5) is 5.69 Å². The molecule has 1 N–H and O–H groups in total. The van der Waals surface area contributed by atoms with Crippen molar-refractivity contribution in [2.24, 2.45) is 0 Å². The molecule has 7 nitrogen and oxygen atoms in total. The Morgan fingerprint density at radius 2 is 2.08 bits per heavy atom. The maximum atomic E-state index is 12.4. The summed E-state index contributed by atoms with van der Waals surface area (Å²) in [5.41, 5.74) is 0.923. The third-order valence-electron chi connectivity index (χ3n) is 3.87. The number of rotatable bonds is 6. The molecule has 0 aromatic heterocycles. The Labute approximate surface area is 141 Å². The van der Waals surface area contributed by atoms with Crippen molar-refractivity contribution in [3.63, 3.8) is 0 Å². The average Bonchev–Trinajstić information content (AvgIpc) is 2.53. The Morgan fingerprint density at radius 1 is 1.38 bits per heavy atom. The molecule has 0 bridgehead atoms. The first-order chi connectivity index (χ1) is 11.3. The molecule has 1 aliphatic rings. The number of Topliss-reactive ketones (excluding diaryl/α,β-unsaturated/α-hetero) is 1. The second kappa shape index (κ2) is 7.44. The molecule has 1 unspecified atom stereocenters. The maximum Gasteiger partial charge on any atom is 0.265 e. The minimum absolute atomic E-state index is 0.112. The molecule has 1 heterocycles. The molecule has 2 amide bonds. The van der Waals surface area contributed by atoms with Gasteiger partial charge in [0.25, 0.3) is 5.91 Å². The van der Waals surface area contributed by atoms with Crippen molar-refractivity contribution in [2.45, 2.75) is 19.9 Å². The van der Waals surface area contributed by atoms with Crippen LogP contribution in [0.3, 0.4) is 0 Å². The molecule has 1 atom stereocenters. The lowest BCUT2D eigenvalue weighted by atomic mass is 10.1. The topological polar surface area (TPSA) is 79.0 Å². The van der Waals surface area contributed by atoms with Crippen LogP contribution in [0, 0.1) is 0 Å². The number of likely N-dealkylation sites (N-methyl/N-ethyl adjacent to an activating group) is 1. The number of fused-ring (bicyclic) bond motifs is 1. The fourth-order valence-corrected chi connectivity index (χ4v) is 2.48. The number of ketones is 1. The van der Waals surface area contributed by atoms with Gasteiger partial charge in [-0.2, -0.15) is 0 Å². The predicted molar refractivity (Wildman–Crippen MR) is 90.5 cm³/mol. The van der Waals surface area contributed by atoms with E-state index in [0.29, 0.717) is 30.1 Å². The zero-order valence-electron chi connectivity index (χ0n) is 14.5. The Bertz CT molecular complexity index is 657. The van der Waals surface area contributed by atoms with Crippen LogP contribution in [-0.4, -0.2) is 62.3 Å². The van der Waals surface area contributed by atoms with E-state index in [-0.39, 0.29) is 24.2 Å². The summed E-state index contributed by atoms with van der Waals surface area (Å²) < 4.78 is 5.40. The summed E-state index contributed by atoms with van der Waals surface area (Å²) in [6.07, 6.45) is 0. The summed E-state index contributed by atoms with van der Waals surface area (Å²) in [4.78, 5) is 39.6. The number of hydrogen-bond acceptors (Lipinski definition) is 5. The summed E-state index contributed by atoms with van der Waals surface area (Å²) in [6, 6.07) is 4.21. The second-order valence-electron chi connectivity index (χ2n) is 6.06. The molecular weight excluding hydrogens is 310 g/mol. The van der Waals surface area contributed by atoms with Gasteiger partial charge in [-0.3, -0.25) is 19.3 Å². The number of ether oxygens (including phenoxy) is 1. The van der Waals surface area contributed by atoms with E-state index in [1.807, 2.05) is 19.0 Å². The summed E-state index contributed by atoms with van der Waals surface area (Å²) in [5, 5.41) is 2.82. The van der Waals surface area contributed by atoms with Crippen molar-refractivity contribution in [1.82, 2.24) is 10.2 Å². The minimum Gasteiger partial charge on any atom is -0.482 e. The number of carbonyl (C=O) groups is 3. The van der Waals surface area contributed by atoms with Gasteiger partial charge in [0.05, 0.1) is 5.69 Å². The van der Waals surface area contributed by atoms with Crippen LogP contribution in [-0.2, 0) is 9.59 Å². The lowest BCUT2D eigenvalue weighted by Crippen LogP contribution is -2.52. The van der Waals surface area contributed by atoms with E-state index in [2.05, 4.69) is 5.32 Å². The fourth-order valence-electron chi connectivity index (χ4n) is 2.48. The van der Waals surface area contributed by atoms with Gasteiger partial charge in [-0.15, -0.1) is 0 Å². The molecule has 0 radical (unpaired) electrons. The lowest BCUT2D eigenvalue weighted by molar-refractivity contribution is -0.127. The van der Waals surface area contributed by atoms with Gasteiger partial charge in [0.2, 0.25) is 5.91 Å². The van der Waals surface area contributed by atoms with E-state index in [1.165, 1.54) is 11.8 Å². The van der Waals surface area contributed by atoms with Crippen molar-refractivity contribution in [1.29, 1.82) is 0 Å².